The minimum Gasteiger partial charge on any atom is -0.505 e. The van der Waals surface area contributed by atoms with Crippen LogP contribution in [0, 0.1) is 6.92 Å². The lowest BCUT2D eigenvalue weighted by atomic mass is 10.0. The molecule has 3 rings (SSSR count). The molecule has 7 nitrogen and oxygen atoms in total. The van der Waals surface area contributed by atoms with E-state index in [1.54, 1.807) is 12.1 Å². The Kier molecular flexibility index (Phi) is 4.76. The maximum atomic E-state index is 13.1. The van der Waals surface area contributed by atoms with Crippen LogP contribution in [0.4, 0.5) is 0 Å². The molecule has 0 unspecified atom stereocenters. The molecule has 136 valence electrons. The van der Waals surface area contributed by atoms with Gasteiger partial charge in [0, 0.05) is 28.0 Å². The molecular weight excluding hydrogens is 424 g/mol. The zero-order valence-electron chi connectivity index (χ0n) is 13.9. The van der Waals surface area contributed by atoms with E-state index in [9.17, 15) is 18.3 Å². The Hall–Kier alpha value is -2.39. The number of halogens is 1. The van der Waals surface area contributed by atoms with Crippen molar-refractivity contribution in [2.24, 2.45) is 0 Å². The van der Waals surface area contributed by atoms with Gasteiger partial charge in [0.2, 0.25) is 0 Å². The Bertz CT molecular complexity index is 1020. The van der Waals surface area contributed by atoms with E-state index in [4.69, 9.17) is 4.74 Å². The molecule has 1 aliphatic heterocycles. The summed E-state index contributed by atoms with van der Waals surface area (Å²) in [5, 5.41) is 10.6. The molecule has 0 amide bonds. The van der Waals surface area contributed by atoms with Crippen LogP contribution in [0.1, 0.15) is 16.7 Å². The molecule has 0 spiro atoms. The summed E-state index contributed by atoms with van der Waals surface area (Å²) in [4.78, 5) is 16.2. The number of carbonyl (C=O) groups excluding carboxylic acids is 1. The molecular formula is C17H15BrN2O5S. The van der Waals surface area contributed by atoms with Crippen LogP contribution in [-0.4, -0.2) is 35.9 Å². The first-order valence-electron chi connectivity index (χ1n) is 7.51. The van der Waals surface area contributed by atoms with E-state index in [0.717, 1.165) is 17.0 Å². The van der Waals surface area contributed by atoms with Gasteiger partial charge >= 0.3 is 5.97 Å². The highest BCUT2D eigenvalue weighted by molar-refractivity contribution is 9.10. The van der Waals surface area contributed by atoms with E-state index in [0.29, 0.717) is 10.0 Å². The largest absolute Gasteiger partial charge is 0.505 e. The maximum Gasteiger partial charge on any atom is 0.359 e. The second-order valence-electron chi connectivity index (χ2n) is 5.66. The molecule has 2 heterocycles. The molecule has 1 aromatic carbocycles. The summed E-state index contributed by atoms with van der Waals surface area (Å²) in [6.07, 6.45) is 2.86. The van der Waals surface area contributed by atoms with Gasteiger partial charge in [-0.05, 0) is 35.0 Å². The molecule has 9 heteroatoms. The van der Waals surface area contributed by atoms with Crippen LogP contribution in [0.2, 0.25) is 0 Å². The fourth-order valence-corrected chi connectivity index (χ4v) is 4.52. The smallest absolute Gasteiger partial charge is 0.359 e. The van der Waals surface area contributed by atoms with E-state index in [-0.39, 0.29) is 17.0 Å². The number of benzene rings is 1. The van der Waals surface area contributed by atoms with Crippen molar-refractivity contribution in [3.05, 3.63) is 63.5 Å². The summed E-state index contributed by atoms with van der Waals surface area (Å²) < 4.78 is 32.3. The van der Waals surface area contributed by atoms with Crippen molar-refractivity contribution in [1.82, 2.24) is 9.29 Å². The van der Waals surface area contributed by atoms with Crippen molar-refractivity contribution in [2.75, 3.05) is 7.11 Å². The van der Waals surface area contributed by atoms with Crippen LogP contribution in [0.25, 0.3) is 5.76 Å². The quantitative estimate of drug-likeness (QED) is 0.739. The number of methoxy groups -OCH3 is 1. The molecule has 1 aromatic heterocycles. The average molecular weight is 439 g/mol. The van der Waals surface area contributed by atoms with Gasteiger partial charge in [-0.2, -0.15) is 0 Å². The molecule has 1 aliphatic rings. The van der Waals surface area contributed by atoms with Crippen molar-refractivity contribution in [2.45, 2.75) is 18.4 Å². The second kappa shape index (κ2) is 6.73. The SMILES string of the molecule is COC(=O)C1=C(O)c2cncc(Br)c2CN1S(=O)(=O)c1ccc(C)cc1. The minimum absolute atomic E-state index is 0.00549. The topological polar surface area (TPSA) is 96.8 Å². The standard InChI is InChI=1S/C17H15BrN2O5S/c1-10-3-5-11(6-4-10)26(23,24)20-9-13-12(7-19-8-14(13)18)16(21)15(20)17(22)25-2/h3-8,21H,9H2,1-2H3. The number of sulfonamides is 1. The molecule has 0 radical (unpaired) electrons. The highest BCUT2D eigenvalue weighted by Crippen LogP contribution is 2.37. The third-order valence-corrected chi connectivity index (χ3v) is 6.47. The number of hydrogen-bond donors (Lipinski definition) is 1. The number of pyridine rings is 1. The molecule has 0 saturated heterocycles. The number of aryl methyl sites for hydroxylation is 1. The molecule has 0 bridgehead atoms. The van der Waals surface area contributed by atoms with Gasteiger partial charge in [-0.25, -0.2) is 13.2 Å². The van der Waals surface area contributed by atoms with Crippen LogP contribution in [0.3, 0.4) is 0 Å². The Morgan fingerprint density at radius 3 is 2.54 bits per heavy atom. The van der Waals surface area contributed by atoms with E-state index < -0.39 is 27.4 Å². The summed E-state index contributed by atoms with van der Waals surface area (Å²) in [5.74, 6) is -1.45. The lowest BCUT2D eigenvalue weighted by molar-refractivity contribution is -0.137. The lowest BCUT2D eigenvalue weighted by Crippen LogP contribution is -2.37. The van der Waals surface area contributed by atoms with E-state index in [1.807, 2.05) is 6.92 Å². The van der Waals surface area contributed by atoms with Crippen molar-refractivity contribution in [3.63, 3.8) is 0 Å². The van der Waals surface area contributed by atoms with Gasteiger partial charge < -0.3 is 9.84 Å². The maximum absolute atomic E-state index is 13.1. The monoisotopic (exact) mass is 438 g/mol. The zero-order chi connectivity index (χ0) is 19.1. The van der Waals surface area contributed by atoms with Crippen LogP contribution >= 0.6 is 15.9 Å². The van der Waals surface area contributed by atoms with Crippen LogP contribution < -0.4 is 0 Å². The highest BCUT2D eigenvalue weighted by Gasteiger charge is 2.39. The predicted molar refractivity (Wildman–Crippen MR) is 97.4 cm³/mol. The van der Waals surface area contributed by atoms with Gasteiger partial charge in [-0.15, -0.1) is 0 Å². The van der Waals surface area contributed by atoms with E-state index >= 15 is 0 Å². The van der Waals surface area contributed by atoms with Gasteiger partial charge in [0.25, 0.3) is 10.0 Å². The minimum atomic E-state index is -4.10. The average Bonchev–Trinajstić information content (AvgIpc) is 2.62. The molecule has 0 aliphatic carbocycles. The highest BCUT2D eigenvalue weighted by atomic mass is 79.9. The fraction of sp³-hybridized carbons (Fsp3) is 0.176. The molecule has 0 atom stereocenters. The van der Waals surface area contributed by atoms with Crippen molar-refractivity contribution in [1.29, 1.82) is 0 Å². The Morgan fingerprint density at radius 1 is 1.27 bits per heavy atom. The summed E-state index contributed by atoms with van der Waals surface area (Å²) in [6.45, 7) is 1.69. The summed E-state index contributed by atoms with van der Waals surface area (Å²) in [7, 11) is -2.98. The number of aliphatic hydroxyl groups excluding tert-OH is 1. The van der Waals surface area contributed by atoms with Gasteiger partial charge in [0.15, 0.2) is 11.5 Å². The van der Waals surface area contributed by atoms with Gasteiger partial charge in [0.1, 0.15) is 0 Å². The second-order valence-corrected chi connectivity index (χ2v) is 8.38. The van der Waals surface area contributed by atoms with Crippen molar-refractivity contribution >= 4 is 37.7 Å². The van der Waals surface area contributed by atoms with Crippen LogP contribution in [-0.2, 0) is 26.1 Å². The summed E-state index contributed by atoms with van der Waals surface area (Å²) >= 11 is 3.31. The number of hydrogen-bond acceptors (Lipinski definition) is 6. The molecule has 1 N–H and O–H groups in total. The molecule has 2 aromatic rings. The third-order valence-electron chi connectivity index (χ3n) is 4.02. The summed E-state index contributed by atoms with van der Waals surface area (Å²) in [6, 6.07) is 6.22. The van der Waals surface area contributed by atoms with E-state index in [2.05, 4.69) is 20.9 Å². The lowest BCUT2D eigenvalue weighted by Gasteiger charge is -2.31. The molecule has 0 saturated carbocycles. The summed E-state index contributed by atoms with van der Waals surface area (Å²) in [5.41, 5.74) is 1.23. The van der Waals surface area contributed by atoms with Crippen molar-refractivity contribution < 1.29 is 23.1 Å². The normalized spacial score (nSPS) is 14.2. The first kappa shape index (κ1) is 18.4. The third kappa shape index (κ3) is 2.97. The Morgan fingerprint density at radius 2 is 1.92 bits per heavy atom. The zero-order valence-corrected chi connectivity index (χ0v) is 16.3. The predicted octanol–water partition coefficient (Wildman–Crippen LogP) is 2.76. The Labute approximate surface area is 159 Å². The first-order chi connectivity index (χ1) is 12.3. The number of esters is 1. The van der Waals surface area contributed by atoms with Gasteiger partial charge in [-0.1, -0.05) is 17.7 Å². The van der Waals surface area contributed by atoms with Gasteiger partial charge in [-0.3, -0.25) is 9.29 Å². The fourth-order valence-electron chi connectivity index (χ4n) is 2.63. The number of rotatable bonds is 3. The molecule has 0 fully saturated rings. The van der Waals surface area contributed by atoms with E-state index in [1.165, 1.54) is 24.5 Å². The number of nitrogens with zero attached hydrogens (tertiary/aromatic N) is 2. The Balaban J connectivity index is 2.23. The first-order valence-corrected chi connectivity index (χ1v) is 9.74. The van der Waals surface area contributed by atoms with Crippen LogP contribution in [0.5, 0.6) is 0 Å². The van der Waals surface area contributed by atoms with Gasteiger partial charge in [0.05, 0.1) is 18.6 Å². The number of fused-ring (bicyclic) bond motifs is 1. The van der Waals surface area contributed by atoms with Crippen molar-refractivity contribution in [3.8, 4) is 0 Å². The number of carbonyl (C=O) groups is 1. The number of aliphatic hydroxyl groups is 1. The number of ether oxygens (including phenoxy) is 1. The molecule has 26 heavy (non-hydrogen) atoms. The van der Waals surface area contributed by atoms with Crippen LogP contribution in [0.15, 0.2) is 51.7 Å². The number of aromatic nitrogens is 1.